The Morgan fingerprint density at radius 2 is 1.64 bits per heavy atom. The lowest BCUT2D eigenvalue weighted by Gasteiger charge is -2.30. The van der Waals surface area contributed by atoms with Crippen LogP contribution in [0.4, 0.5) is 11.5 Å². The molecule has 1 atom stereocenters. The van der Waals surface area contributed by atoms with Gasteiger partial charge in [0.05, 0.1) is 29.4 Å². The number of hydrogen-bond donors (Lipinski definition) is 2. The van der Waals surface area contributed by atoms with Crippen LogP contribution in [0.25, 0.3) is 5.70 Å². The second-order valence-corrected chi connectivity index (χ2v) is 10.3. The maximum Gasteiger partial charge on any atom is 0.337 e. The molecular weight excluding hydrogens is 508 g/mol. The molecule has 1 aliphatic rings. The largest absolute Gasteiger partial charge is 0.463 e. The monoisotopic (exact) mass is 538 g/mol. The van der Waals surface area contributed by atoms with Crippen molar-refractivity contribution in [3.05, 3.63) is 123 Å². The number of ether oxygens (including phenoxy) is 1. The maximum atomic E-state index is 13.7. The van der Waals surface area contributed by atoms with E-state index in [4.69, 9.17) is 9.72 Å². The molecule has 1 aliphatic heterocycles. The van der Waals surface area contributed by atoms with E-state index >= 15 is 0 Å². The molecule has 7 nitrogen and oxygen atoms in total. The number of aromatic amines is 1. The van der Waals surface area contributed by atoms with Crippen molar-refractivity contribution in [3.8, 4) is 0 Å². The van der Waals surface area contributed by atoms with Gasteiger partial charge in [-0.15, -0.1) is 0 Å². The Balaban J connectivity index is 1.67. The molecule has 0 aliphatic carbocycles. The first kappa shape index (κ1) is 26.3. The van der Waals surface area contributed by atoms with Crippen molar-refractivity contribution in [1.82, 2.24) is 9.97 Å². The first-order chi connectivity index (χ1) is 19.0. The third-order valence-electron chi connectivity index (χ3n) is 6.54. The molecule has 0 amide bonds. The van der Waals surface area contributed by atoms with Gasteiger partial charge in [0.15, 0.2) is 5.16 Å². The highest BCUT2D eigenvalue weighted by molar-refractivity contribution is 7.98. The molecule has 0 radical (unpaired) electrons. The topological polar surface area (TPSA) is 87.3 Å². The summed E-state index contributed by atoms with van der Waals surface area (Å²) in [5.74, 6) is -0.0508. The lowest BCUT2D eigenvalue weighted by Crippen LogP contribution is -2.31. The zero-order valence-corrected chi connectivity index (χ0v) is 22.9. The predicted octanol–water partition coefficient (Wildman–Crippen LogP) is 5.66. The number of carbonyl (C=O) groups excluding carboxylic acids is 1. The Labute approximate surface area is 232 Å². The first-order valence-corrected chi connectivity index (χ1v) is 13.8. The van der Waals surface area contributed by atoms with E-state index in [1.807, 2.05) is 104 Å². The normalized spacial score (nSPS) is 14.4. The quantitative estimate of drug-likeness (QED) is 0.170. The van der Waals surface area contributed by atoms with Gasteiger partial charge in [0.25, 0.3) is 5.56 Å². The van der Waals surface area contributed by atoms with Gasteiger partial charge in [-0.1, -0.05) is 84.6 Å². The molecule has 0 fully saturated rings. The fourth-order valence-electron chi connectivity index (χ4n) is 4.65. The molecule has 5 rings (SSSR count). The van der Waals surface area contributed by atoms with Gasteiger partial charge in [0, 0.05) is 25.5 Å². The number of carbonyl (C=O) groups is 1. The Bertz CT molecular complexity index is 1550. The van der Waals surface area contributed by atoms with Gasteiger partial charge in [0.2, 0.25) is 0 Å². The predicted molar refractivity (Wildman–Crippen MR) is 157 cm³/mol. The van der Waals surface area contributed by atoms with Crippen LogP contribution < -0.4 is 15.8 Å². The van der Waals surface area contributed by atoms with E-state index in [0.717, 1.165) is 22.4 Å². The summed E-state index contributed by atoms with van der Waals surface area (Å²) in [4.78, 5) is 37.0. The van der Waals surface area contributed by atoms with Crippen LogP contribution in [-0.4, -0.2) is 36.6 Å². The van der Waals surface area contributed by atoms with E-state index < -0.39 is 11.9 Å². The zero-order chi connectivity index (χ0) is 27.4. The van der Waals surface area contributed by atoms with Crippen LogP contribution in [0.2, 0.25) is 0 Å². The highest BCUT2D eigenvalue weighted by atomic mass is 32.2. The summed E-state index contributed by atoms with van der Waals surface area (Å²) >= 11 is 1.46. The van der Waals surface area contributed by atoms with Crippen molar-refractivity contribution < 1.29 is 9.53 Å². The summed E-state index contributed by atoms with van der Waals surface area (Å²) in [5, 5.41) is 3.84. The van der Waals surface area contributed by atoms with Gasteiger partial charge in [-0.2, -0.15) is 0 Å². The average Bonchev–Trinajstić information content (AvgIpc) is 2.96. The fourth-order valence-corrected chi connectivity index (χ4v) is 5.47. The SMILES string of the molecule is CCOC(=O)C1=C(c2ccccc2)Nc2nc(SCc3ccccc3)[nH]c(=O)c2C1c1ccc(N(C)C)cc1. The van der Waals surface area contributed by atoms with Gasteiger partial charge in [-0.3, -0.25) is 4.79 Å². The second-order valence-electron chi connectivity index (χ2n) is 9.33. The van der Waals surface area contributed by atoms with Gasteiger partial charge < -0.3 is 19.9 Å². The van der Waals surface area contributed by atoms with E-state index in [9.17, 15) is 9.59 Å². The molecule has 2 N–H and O–H groups in total. The number of benzene rings is 3. The lowest BCUT2D eigenvalue weighted by atomic mass is 9.81. The number of thioether (sulfide) groups is 1. The maximum absolute atomic E-state index is 13.7. The minimum atomic E-state index is -0.670. The molecule has 39 heavy (non-hydrogen) atoms. The van der Waals surface area contributed by atoms with Gasteiger partial charge in [0.1, 0.15) is 5.82 Å². The minimum Gasteiger partial charge on any atom is -0.463 e. The highest BCUT2D eigenvalue weighted by Gasteiger charge is 2.38. The molecule has 0 saturated heterocycles. The van der Waals surface area contributed by atoms with Crippen molar-refractivity contribution >= 4 is 34.9 Å². The first-order valence-electron chi connectivity index (χ1n) is 12.8. The van der Waals surface area contributed by atoms with Crippen LogP contribution in [0.5, 0.6) is 0 Å². The van der Waals surface area contributed by atoms with E-state index in [0.29, 0.717) is 33.6 Å². The summed E-state index contributed by atoms with van der Waals surface area (Å²) in [5.41, 5.74) is 4.81. The molecule has 1 aromatic heterocycles. The number of esters is 1. The molecule has 0 bridgehead atoms. The number of aromatic nitrogens is 2. The Morgan fingerprint density at radius 1 is 0.974 bits per heavy atom. The molecule has 198 valence electrons. The second kappa shape index (κ2) is 11.6. The fraction of sp³-hybridized carbons (Fsp3) is 0.194. The average molecular weight is 539 g/mol. The molecule has 1 unspecified atom stereocenters. The summed E-state index contributed by atoms with van der Waals surface area (Å²) < 4.78 is 5.53. The number of nitrogens with zero attached hydrogens (tertiary/aromatic N) is 2. The smallest absolute Gasteiger partial charge is 0.337 e. The van der Waals surface area contributed by atoms with Crippen molar-refractivity contribution in [3.63, 3.8) is 0 Å². The van der Waals surface area contributed by atoms with Crippen LogP contribution in [0.1, 0.15) is 35.1 Å². The summed E-state index contributed by atoms with van der Waals surface area (Å²) in [6.45, 7) is 1.99. The Hall–Kier alpha value is -4.30. The molecule has 0 saturated carbocycles. The standard InChI is InChI=1S/C31H30N4O3S/c1-4-38-30(37)25-24(21-15-17-23(18-16-21)35(2)3)26-28(32-27(25)22-13-9-6-10-14-22)33-31(34-29(26)36)39-19-20-11-7-5-8-12-20/h5-18,24H,4,19H2,1-3H3,(H2,32,33,34,36). The molecule has 8 heteroatoms. The number of hydrogen-bond acceptors (Lipinski definition) is 7. The van der Waals surface area contributed by atoms with E-state index in [2.05, 4.69) is 10.3 Å². The highest BCUT2D eigenvalue weighted by Crippen LogP contribution is 2.43. The lowest BCUT2D eigenvalue weighted by molar-refractivity contribution is -0.138. The number of fused-ring (bicyclic) bond motifs is 1. The van der Waals surface area contributed by atoms with Crippen LogP contribution in [0.3, 0.4) is 0 Å². The number of nitrogens with one attached hydrogen (secondary N) is 2. The summed E-state index contributed by atoms with van der Waals surface area (Å²) in [6.07, 6.45) is 0. The van der Waals surface area contributed by atoms with E-state index in [1.165, 1.54) is 11.8 Å². The zero-order valence-electron chi connectivity index (χ0n) is 22.1. The number of rotatable bonds is 8. The molecule has 4 aromatic rings. The van der Waals surface area contributed by atoms with Crippen LogP contribution in [-0.2, 0) is 15.3 Å². The Morgan fingerprint density at radius 3 is 2.28 bits per heavy atom. The van der Waals surface area contributed by atoms with Gasteiger partial charge >= 0.3 is 5.97 Å². The van der Waals surface area contributed by atoms with Crippen molar-refractivity contribution in [2.24, 2.45) is 0 Å². The molecule has 3 aromatic carbocycles. The Kier molecular flexibility index (Phi) is 7.84. The third kappa shape index (κ3) is 5.61. The third-order valence-corrected chi connectivity index (χ3v) is 7.49. The van der Waals surface area contributed by atoms with Crippen LogP contribution >= 0.6 is 11.8 Å². The van der Waals surface area contributed by atoms with Crippen molar-refractivity contribution in [2.75, 3.05) is 30.9 Å². The van der Waals surface area contributed by atoms with Gasteiger partial charge in [-0.25, -0.2) is 9.78 Å². The van der Waals surface area contributed by atoms with Crippen molar-refractivity contribution in [2.45, 2.75) is 23.8 Å². The van der Waals surface area contributed by atoms with Crippen LogP contribution in [0, 0.1) is 0 Å². The van der Waals surface area contributed by atoms with E-state index in [-0.39, 0.29) is 12.2 Å². The van der Waals surface area contributed by atoms with Crippen molar-refractivity contribution in [1.29, 1.82) is 0 Å². The molecule has 2 heterocycles. The minimum absolute atomic E-state index is 0.215. The van der Waals surface area contributed by atoms with E-state index in [1.54, 1.807) is 6.92 Å². The summed E-state index contributed by atoms with van der Waals surface area (Å²) in [6, 6.07) is 27.5. The van der Waals surface area contributed by atoms with Crippen LogP contribution in [0.15, 0.2) is 100 Å². The number of H-pyrrole nitrogens is 1. The summed E-state index contributed by atoms with van der Waals surface area (Å²) in [7, 11) is 3.94. The molecular formula is C31H30N4O3S. The van der Waals surface area contributed by atoms with Gasteiger partial charge in [-0.05, 0) is 35.7 Å². The molecule has 0 spiro atoms. The number of anilines is 2.